The van der Waals surface area contributed by atoms with Gasteiger partial charge in [-0.1, -0.05) is 30.3 Å². The molecule has 0 saturated carbocycles. The third-order valence-electron chi connectivity index (χ3n) is 5.49. The molecule has 3 aromatic rings. The van der Waals surface area contributed by atoms with E-state index in [9.17, 15) is 13.2 Å². The second-order valence-electron chi connectivity index (χ2n) is 7.49. The van der Waals surface area contributed by atoms with Gasteiger partial charge in [0.15, 0.2) is 5.54 Å². The highest BCUT2D eigenvalue weighted by atomic mass is 19.4. The standard InChI is InChI=1S/C23H18F3N5O/c24-23(25,26)32-20-7-5-18(6-8-20)22(21-29-9-2-10-31(21)15-30-22)19-4-1-3-16(11-19)17-12-27-14-28-13-17/h1,3-8,11-15H,2,9-10H2. The smallest absolute Gasteiger partial charge is 0.406 e. The maximum Gasteiger partial charge on any atom is 0.573 e. The summed E-state index contributed by atoms with van der Waals surface area (Å²) in [4.78, 5) is 19.8. The van der Waals surface area contributed by atoms with Crippen molar-refractivity contribution in [2.24, 2.45) is 9.98 Å². The van der Waals surface area contributed by atoms with E-state index >= 15 is 0 Å². The number of benzene rings is 2. The summed E-state index contributed by atoms with van der Waals surface area (Å²) in [6.07, 6.45) is 2.84. The van der Waals surface area contributed by atoms with Crippen molar-refractivity contribution in [3.63, 3.8) is 0 Å². The van der Waals surface area contributed by atoms with Crippen LogP contribution in [0.4, 0.5) is 13.2 Å². The van der Waals surface area contributed by atoms with Crippen molar-refractivity contribution in [1.29, 1.82) is 0 Å². The Balaban J connectivity index is 1.63. The van der Waals surface area contributed by atoms with Gasteiger partial charge >= 0.3 is 6.36 Å². The molecule has 2 aromatic carbocycles. The molecule has 5 rings (SSSR count). The number of hydrogen-bond acceptors (Lipinski definition) is 6. The third kappa shape index (κ3) is 3.59. The molecule has 9 heteroatoms. The lowest BCUT2D eigenvalue weighted by atomic mass is 9.81. The van der Waals surface area contributed by atoms with E-state index in [2.05, 4.69) is 14.7 Å². The number of halogens is 3. The Hall–Kier alpha value is -3.75. The van der Waals surface area contributed by atoms with Crippen molar-refractivity contribution < 1.29 is 17.9 Å². The van der Waals surface area contributed by atoms with Crippen LogP contribution < -0.4 is 4.74 Å². The number of alkyl halides is 3. The van der Waals surface area contributed by atoms with Crippen LogP contribution in [0.25, 0.3) is 11.1 Å². The largest absolute Gasteiger partial charge is 0.573 e. The minimum atomic E-state index is -4.75. The Morgan fingerprint density at radius 3 is 2.47 bits per heavy atom. The van der Waals surface area contributed by atoms with Crippen LogP contribution in [0.15, 0.2) is 77.2 Å². The van der Waals surface area contributed by atoms with E-state index in [0.717, 1.165) is 35.5 Å². The Morgan fingerprint density at radius 1 is 0.938 bits per heavy atom. The highest BCUT2D eigenvalue weighted by molar-refractivity contribution is 6.07. The van der Waals surface area contributed by atoms with E-state index in [4.69, 9.17) is 9.98 Å². The summed E-state index contributed by atoms with van der Waals surface area (Å²) >= 11 is 0. The number of amidine groups is 1. The maximum absolute atomic E-state index is 12.6. The summed E-state index contributed by atoms with van der Waals surface area (Å²) in [5, 5.41) is 0. The van der Waals surface area contributed by atoms with Crippen LogP contribution in [0, 0.1) is 0 Å². The lowest BCUT2D eigenvalue weighted by Gasteiger charge is -2.33. The molecule has 0 aliphatic carbocycles. The normalized spacial score (nSPS) is 20.1. The van der Waals surface area contributed by atoms with Gasteiger partial charge in [-0.15, -0.1) is 13.2 Å². The molecule has 0 spiro atoms. The van der Waals surface area contributed by atoms with E-state index in [-0.39, 0.29) is 5.75 Å². The molecule has 0 N–H and O–H groups in total. The van der Waals surface area contributed by atoms with Crippen LogP contribution in [-0.4, -0.2) is 46.5 Å². The number of ether oxygens (including phenoxy) is 1. The number of aliphatic imine (C=N–C) groups is 2. The number of rotatable bonds is 4. The lowest BCUT2D eigenvalue weighted by Crippen LogP contribution is -2.43. The monoisotopic (exact) mass is 437 g/mol. The van der Waals surface area contributed by atoms with Crippen LogP contribution in [-0.2, 0) is 5.54 Å². The lowest BCUT2D eigenvalue weighted by molar-refractivity contribution is -0.274. The van der Waals surface area contributed by atoms with Crippen LogP contribution in [0.3, 0.4) is 0 Å². The van der Waals surface area contributed by atoms with Crippen LogP contribution in [0.2, 0.25) is 0 Å². The highest BCUT2D eigenvalue weighted by Crippen LogP contribution is 2.42. The molecule has 6 nitrogen and oxygen atoms in total. The minimum absolute atomic E-state index is 0.281. The zero-order valence-corrected chi connectivity index (χ0v) is 16.8. The summed E-state index contributed by atoms with van der Waals surface area (Å²) in [5.74, 6) is 0.478. The summed E-state index contributed by atoms with van der Waals surface area (Å²) < 4.78 is 41.9. The molecule has 2 aliphatic heterocycles. The van der Waals surface area contributed by atoms with Crippen molar-refractivity contribution in [2.45, 2.75) is 18.3 Å². The van der Waals surface area contributed by atoms with Gasteiger partial charge in [-0.05, 0) is 41.3 Å². The number of nitrogens with zero attached hydrogens (tertiary/aromatic N) is 5. The molecule has 1 atom stereocenters. The zero-order valence-electron chi connectivity index (χ0n) is 16.8. The van der Waals surface area contributed by atoms with Crippen molar-refractivity contribution in [3.05, 3.63) is 78.4 Å². The number of aromatic nitrogens is 2. The first-order valence-electron chi connectivity index (χ1n) is 10.0. The molecule has 2 aliphatic rings. The molecule has 3 heterocycles. The molecular formula is C23H18F3N5O. The molecule has 0 radical (unpaired) electrons. The van der Waals surface area contributed by atoms with Crippen molar-refractivity contribution in [2.75, 3.05) is 13.1 Å². The van der Waals surface area contributed by atoms with Crippen LogP contribution in [0.5, 0.6) is 5.75 Å². The second-order valence-corrected chi connectivity index (χ2v) is 7.49. The summed E-state index contributed by atoms with van der Waals surface area (Å²) in [6.45, 7) is 1.45. The van der Waals surface area contributed by atoms with Gasteiger partial charge in [-0.3, -0.25) is 9.98 Å². The van der Waals surface area contributed by atoms with Crippen LogP contribution in [0.1, 0.15) is 17.5 Å². The van der Waals surface area contributed by atoms with Crippen molar-refractivity contribution in [1.82, 2.24) is 14.9 Å². The molecule has 0 saturated heterocycles. The van der Waals surface area contributed by atoms with Gasteiger partial charge in [-0.25, -0.2) is 9.97 Å². The summed E-state index contributed by atoms with van der Waals surface area (Å²) in [5.41, 5.74) is 2.34. The first-order chi connectivity index (χ1) is 15.5. The Bertz CT molecular complexity index is 1180. The first kappa shape index (κ1) is 20.2. The van der Waals surface area contributed by atoms with Gasteiger partial charge < -0.3 is 9.64 Å². The predicted octanol–water partition coefficient (Wildman–Crippen LogP) is 4.43. The second kappa shape index (κ2) is 7.74. The van der Waals surface area contributed by atoms with Gasteiger partial charge in [0.1, 0.15) is 17.9 Å². The molecule has 32 heavy (non-hydrogen) atoms. The van der Waals surface area contributed by atoms with Gasteiger partial charge in [0.05, 0.1) is 6.34 Å². The highest BCUT2D eigenvalue weighted by Gasteiger charge is 2.46. The Labute approximate surface area is 182 Å². The van der Waals surface area contributed by atoms with E-state index in [1.807, 2.05) is 29.2 Å². The fourth-order valence-electron chi connectivity index (χ4n) is 4.12. The molecular weight excluding hydrogens is 419 g/mol. The van der Waals surface area contributed by atoms with Crippen LogP contribution >= 0.6 is 0 Å². The fourth-order valence-corrected chi connectivity index (χ4v) is 4.12. The van der Waals surface area contributed by atoms with E-state index in [0.29, 0.717) is 12.1 Å². The molecule has 0 fully saturated rings. The van der Waals surface area contributed by atoms with Gasteiger partial charge in [0.2, 0.25) is 0 Å². The predicted molar refractivity (Wildman–Crippen MR) is 113 cm³/mol. The van der Waals surface area contributed by atoms with Gasteiger partial charge in [0, 0.05) is 31.0 Å². The SMILES string of the molecule is FC(F)(F)Oc1ccc(C2(c3cccc(-c4cncnc4)c3)N=CN3CCCN=C32)cc1. The van der Waals surface area contributed by atoms with E-state index < -0.39 is 11.9 Å². The first-order valence-corrected chi connectivity index (χ1v) is 10.0. The topological polar surface area (TPSA) is 63.0 Å². The van der Waals surface area contributed by atoms with Crippen molar-refractivity contribution >= 4 is 12.2 Å². The van der Waals surface area contributed by atoms with E-state index in [1.165, 1.54) is 18.5 Å². The molecule has 162 valence electrons. The fraction of sp³-hybridized carbons (Fsp3) is 0.217. The third-order valence-corrected chi connectivity index (χ3v) is 5.49. The number of fused-ring (bicyclic) bond motifs is 1. The summed E-state index contributed by atoms with van der Waals surface area (Å²) in [6, 6.07) is 13.6. The zero-order chi connectivity index (χ0) is 22.2. The number of hydrogen-bond donors (Lipinski definition) is 0. The van der Waals surface area contributed by atoms with E-state index in [1.54, 1.807) is 30.9 Å². The maximum atomic E-state index is 12.6. The molecule has 0 amide bonds. The van der Waals surface area contributed by atoms with Crippen molar-refractivity contribution in [3.8, 4) is 16.9 Å². The Morgan fingerprint density at radius 2 is 1.72 bits per heavy atom. The average molecular weight is 437 g/mol. The molecule has 1 aromatic heterocycles. The molecule has 0 bridgehead atoms. The average Bonchev–Trinajstić information content (AvgIpc) is 3.20. The quantitative estimate of drug-likeness (QED) is 0.606. The van der Waals surface area contributed by atoms with Gasteiger partial charge in [-0.2, -0.15) is 0 Å². The Kier molecular flexibility index (Phi) is 4.88. The molecule has 1 unspecified atom stereocenters. The minimum Gasteiger partial charge on any atom is -0.406 e. The van der Waals surface area contributed by atoms with Gasteiger partial charge in [0.25, 0.3) is 0 Å². The summed E-state index contributed by atoms with van der Waals surface area (Å²) in [7, 11) is 0.